The highest BCUT2D eigenvalue weighted by Gasteiger charge is 2.35. The van der Waals surface area contributed by atoms with Crippen molar-refractivity contribution in [3.05, 3.63) is 58.7 Å². The van der Waals surface area contributed by atoms with Crippen LogP contribution in [0.15, 0.2) is 51.2 Å². The van der Waals surface area contributed by atoms with Gasteiger partial charge in [0.25, 0.3) is 11.8 Å². The van der Waals surface area contributed by atoms with Crippen molar-refractivity contribution in [2.24, 2.45) is 33.7 Å². The number of anilines is 4. The molecule has 15 nitrogen and oxygen atoms in total. The van der Waals surface area contributed by atoms with E-state index in [1.54, 1.807) is 0 Å². The van der Waals surface area contributed by atoms with Gasteiger partial charge in [-0.1, -0.05) is 0 Å². The molecule has 3 aromatic rings. The summed E-state index contributed by atoms with van der Waals surface area (Å²) in [5.41, 5.74) is 24.0. The smallest absolute Gasteiger partial charge is 0.416 e. The van der Waals surface area contributed by atoms with Gasteiger partial charge < -0.3 is 59.4 Å². The Morgan fingerprint density at radius 2 is 1.12 bits per heavy atom. The molecule has 0 spiro atoms. The summed E-state index contributed by atoms with van der Waals surface area (Å²) in [6.07, 6.45) is -7.85. The Labute approximate surface area is 350 Å². The van der Waals surface area contributed by atoms with Crippen LogP contribution in [-0.2, 0) is 17.1 Å². The first-order valence-corrected chi connectivity index (χ1v) is 20.3. The summed E-state index contributed by atoms with van der Waals surface area (Å²) in [6.45, 7) is 0.153. The van der Waals surface area contributed by atoms with E-state index >= 15 is 0 Å². The second-order valence-corrected chi connectivity index (χ2v) is 14.6. The van der Waals surface area contributed by atoms with Crippen molar-refractivity contribution >= 4 is 70.3 Å². The summed E-state index contributed by atoms with van der Waals surface area (Å²) in [6, 6.07) is 5.20. The Balaban J connectivity index is 2.21. The molecule has 60 heavy (non-hydrogen) atoms. The molecule has 0 atom stereocenters. The third-order valence-corrected chi connectivity index (χ3v) is 10.3. The van der Waals surface area contributed by atoms with Gasteiger partial charge in [0.05, 0.1) is 61.1 Å². The molecule has 0 fully saturated rings. The fourth-order valence-electron chi connectivity index (χ4n) is 5.33. The van der Waals surface area contributed by atoms with Crippen molar-refractivity contribution in [1.29, 1.82) is 0 Å². The molecule has 3 rings (SSSR count). The Morgan fingerprint density at radius 1 is 0.667 bits per heavy atom. The molecule has 0 aliphatic carbocycles. The summed E-state index contributed by atoms with van der Waals surface area (Å²) in [4.78, 5) is 45.4. The molecule has 0 aliphatic rings. The van der Waals surface area contributed by atoms with E-state index in [9.17, 15) is 40.7 Å². The average Bonchev–Trinajstić information content (AvgIpc) is 3.19. The maximum atomic E-state index is 14.3. The Kier molecular flexibility index (Phi) is 19.6. The van der Waals surface area contributed by atoms with E-state index in [1.165, 1.54) is 7.05 Å². The lowest BCUT2D eigenvalue weighted by molar-refractivity contribution is -0.138. The fourth-order valence-corrected chi connectivity index (χ4v) is 7.09. The summed E-state index contributed by atoms with van der Waals surface area (Å²) in [5, 5.41) is 10.2. The van der Waals surface area contributed by atoms with E-state index in [1.807, 2.05) is 0 Å². The number of hydrogen-bond acceptors (Lipinski definition) is 13. The van der Waals surface area contributed by atoms with Gasteiger partial charge in [0, 0.05) is 63.8 Å². The third-order valence-electron chi connectivity index (χ3n) is 7.97. The molecule has 0 heterocycles. The van der Waals surface area contributed by atoms with Crippen LogP contribution in [0.2, 0.25) is 0 Å². The number of nitrogens with two attached hydrogens (primary N) is 5. The maximum Gasteiger partial charge on any atom is 0.416 e. The van der Waals surface area contributed by atoms with Crippen molar-refractivity contribution in [2.45, 2.75) is 41.4 Å². The predicted octanol–water partition coefficient (Wildman–Crippen LogP) is 5.14. The van der Waals surface area contributed by atoms with Gasteiger partial charge in [0.2, 0.25) is 5.91 Å². The van der Waals surface area contributed by atoms with Crippen LogP contribution in [-0.4, -0.2) is 88.6 Å². The van der Waals surface area contributed by atoms with Gasteiger partial charge >= 0.3 is 12.4 Å². The number of carbonyl (C=O) groups is 3. The van der Waals surface area contributed by atoms with Crippen LogP contribution < -0.4 is 59.4 Å². The lowest BCUT2D eigenvalue weighted by Crippen LogP contribution is -2.22. The highest BCUT2D eigenvalue weighted by Crippen LogP contribution is 2.43. The van der Waals surface area contributed by atoms with Gasteiger partial charge in [-0.25, -0.2) is 0 Å². The summed E-state index contributed by atoms with van der Waals surface area (Å²) in [7, 11) is 1.40. The van der Waals surface area contributed by atoms with Crippen LogP contribution in [0.4, 0.5) is 49.1 Å². The molecular formula is C37H48F6N10O5S2. The number of benzene rings is 3. The second kappa shape index (κ2) is 23.7. The van der Waals surface area contributed by atoms with Crippen LogP contribution >= 0.6 is 23.5 Å². The van der Waals surface area contributed by atoms with E-state index in [4.69, 9.17) is 38.1 Å². The minimum absolute atomic E-state index is 0.0399. The first-order valence-electron chi connectivity index (χ1n) is 18.3. The van der Waals surface area contributed by atoms with Gasteiger partial charge in [-0.3, -0.25) is 19.4 Å². The van der Waals surface area contributed by atoms with Crippen molar-refractivity contribution in [2.75, 3.05) is 85.8 Å². The SMILES string of the molecule is CNc1cc(C(F)(F)F)cc(NC(=O)c2cc(C(=O)Nc3cc(C(F)(F)F)cc(NC(=O)CCCCN=CN)c3SCCN)c(OCCN)cc2OCCN)c1SCCN. The number of alkyl halides is 6. The number of thioether (sulfide) groups is 2. The standard InChI is InChI=1S/C37H48F6N10O5S2/c1-49-25-14-21(36(38,39)40)16-27(32(25)59-12-7-46)52-34(55)23-18-24(30(58-11-6-45)19-29(23)57-10-5-44)35(56)53-28-17-22(37(41,42)43)15-26(33(28)60-13-8-47)51-31(54)4-2-3-9-50-20-48/h14-20,49H,2-13,44-47H2,1H3,(H2,48,50)(H,51,54)(H,52,55)(H,53,56). The molecule has 23 heteroatoms. The fraction of sp³-hybridized carbons (Fsp3) is 0.405. The highest BCUT2D eigenvalue weighted by molar-refractivity contribution is 7.99. The van der Waals surface area contributed by atoms with Gasteiger partial charge in [-0.15, -0.1) is 23.5 Å². The minimum Gasteiger partial charge on any atom is -0.491 e. The molecule has 0 unspecified atom stereocenters. The summed E-state index contributed by atoms with van der Waals surface area (Å²) < 4.78 is 96.3. The number of aliphatic imine (C=N–C) groups is 1. The molecule has 0 saturated heterocycles. The lowest BCUT2D eigenvalue weighted by Gasteiger charge is -2.21. The number of rotatable bonds is 23. The van der Waals surface area contributed by atoms with Crippen molar-refractivity contribution < 1.29 is 50.2 Å². The van der Waals surface area contributed by atoms with E-state index in [2.05, 4.69) is 26.3 Å². The second-order valence-electron chi connectivity index (χ2n) is 12.4. The van der Waals surface area contributed by atoms with Gasteiger partial charge in [-0.2, -0.15) is 26.3 Å². The molecule has 330 valence electrons. The zero-order valence-electron chi connectivity index (χ0n) is 32.5. The number of nitrogens with zero attached hydrogens (tertiary/aromatic N) is 1. The van der Waals surface area contributed by atoms with Crippen LogP contribution in [0.3, 0.4) is 0 Å². The van der Waals surface area contributed by atoms with Gasteiger partial charge in [0.1, 0.15) is 24.7 Å². The number of halogens is 6. The van der Waals surface area contributed by atoms with E-state index in [0.717, 1.165) is 60.2 Å². The third kappa shape index (κ3) is 14.4. The average molecular weight is 891 g/mol. The number of carbonyl (C=O) groups excluding carboxylic acids is 3. The molecule has 0 aliphatic heterocycles. The zero-order valence-corrected chi connectivity index (χ0v) is 34.1. The molecule has 0 aromatic heterocycles. The van der Waals surface area contributed by atoms with Crippen LogP contribution in [0.25, 0.3) is 0 Å². The van der Waals surface area contributed by atoms with Gasteiger partial charge in [0.15, 0.2) is 0 Å². The molecule has 0 saturated carbocycles. The Hall–Kier alpha value is -4.94. The maximum absolute atomic E-state index is 14.3. The molecule has 3 amide bonds. The summed E-state index contributed by atoms with van der Waals surface area (Å²) in [5.74, 6) is -2.70. The predicted molar refractivity (Wildman–Crippen MR) is 223 cm³/mol. The molecule has 14 N–H and O–H groups in total. The number of ether oxygens (including phenoxy) is 2. The summed E-state index contributed by atoms with van der Waals surface area (Å²) >= 11 is 2.04. The minimum atomic E-state index is -4.93. The Bertz CT molecular complexity index is 1970. The monoisotopic (exact) mass is 890 g/mol. The number of amides is 3. The first-order chi connectivity index (χ1) is 28.5. The van der Waals surface area contributed by atoms with Crippen molar-refractivity contribution in [3.63, 3.8) is 0 Å². The largest absolute Gasteiger partial charge is 0.491 e. The highest BCUT2D eigenvalue weighted by atomic mass is 32.2. The topological polar surface area (TPSA) is 260 Å². The number of hydrogen-bond donors (Lipinski definition) is 9. The Morgan fingerprint density at radius 3 is 1.53 bits per heavy atom. The molecular weight excluding hydrogens is 843 g/mol. The first kappa shape index (κ1) is 49.4. The van der Waals surface area contributed by atoms with Crippen molar-refractivity contribution in [1.82, 2.24) is 0 Å². The molecule has 3 aromatic carbocycles. The zero-order chi connectivity index (χ0) is 44.5. The van der Waals surface area contributed by atoms with Crippen LogP contribution in [0, 0.1) is 0 Å². The van der Waals surface area contributed by atoms with Crippen molar-refractivity contribution in [3.8, 4) is 11.5 Å². The molecule has 0 bridgehead atoms. The van der Waals surface area contributed by atoms with E-state index < -0.39 is 46.8 Å². The molecule has 0 radical (unpaired) electrons. The normalized spacial score (nSPS) is 11.7. The lowest BCUT2D eigenvalue weighted by atomic mass is 10.1. The number of unbranched alkanes of at least 4 members (excludes halogenated alkanes) is 1. The quantitative estimate of drug-likeness (QED) is 0.0197. The van der Waals surface area contributed by atoms with Crippen LogP contribution in [0.5, 0.6) is 11.5 Å². The van der Waals surface area contributed by atoms with E-state index in [0.29, 0.717) is 25.5 Å². The van der Waals surface area contributed by atoms with Gasteiger partial charge in [-0.05, 0) is 43.2 Å². The number of nitrogens with one attached hydrogen (secondary N) is 4. The van der Waals surface area contributed by atoms with Crippen LogP contribution in [0.1, 0.15) is 51.1 Å². The van der Waals surface area contributed by atoms with E-state index in [-0.39, 0.29) is 107 Å².